The van der Waals surface area contributed by atoms with E-state index < -0.39 is 0 Å². The molecule has 1 amide bonds. The molecule has 5 nitrogen and oxygen atoms in total. The number of nitrogens with zero attached hydrogens (tertiary/aromatic N) is 2. The molecule has 2 N–H and O–H groups in total. The van der Waals surface area contributed by atoms with Crippen LogP contribution in [0.2, 0.25) is 0 Å². The fourth-order valence-corrected chi connectivity index (χ4v) is 5.13. The number of hydrogen-bond acceptors (Lipinski definition) is 3. The van der Waals surface area contributed by atoms with E-state index in [2.05, 4.69) is 66.1 Å². The van der Waals surface area contributed by atoms with E-state index in [1.54, 1.807) is 0 Å². The lowest BCUT2D eigenvalue weighted by molar-refractivity contribution is -0.128. The third-order valence-electron chi connectivity index (χ3n) is 5.87. The molecule has 2 aromatic rings. The molecule has 0 aromatic heterocycles. The minimum Gasteiger partial charge on any atom is -0.357 e. The number of hydrogen-bond donors (Lipinski definition) is 2. The van der Waals surface area contributed by atoms with Gasteiger partial charge in [0.25, 0.3) is 0 Å². The fourth-order valence-electron chi connectivity index (χ4n) is 3.89. The molecular weight excluding hydrogens is 531 g/mol. The van der Waals surface area contributed by atoms with E-state index >= 15 is 0 Å². The van der Waals surface area contributed by atoms with E-state index in [-0.39, 0.29) is 34.6 Å². The standard InChI is InChI=1S/C25H32N4OS.HI/c1-2-26-24(28-19-25(14-15-25)31-22-11-4-3-5-12-22)27-17-20-9-6-7-10-21(20)18-29-16-8-13-23(29)30;/h3-7,9-12H,2,8,13-19H2,1H3,(H2,26,27,28);1H. The molecule has 1 aliphatic heterocycles. The predicted octanol–water partition coefficient (Wildman–Crippen LogP) is 4.81. The summed E-state index contributed by atoms with van der Waals surface area (Å²) >= 11 is 1.97. The van der Waals surface area contributed by atoms with Gasteiger partial charge in [0.1, 0.15) is 0 Å². The summed E-state index contributed by atoms with van der Waals surface area (Å²) in [5.41, 5.74) is 2.37. The normalized spacial score (nSPS) is 17.1. The van der Waals surface area contributed by atoms with Crippen molar-refractivity contribution < 1.29 is 4.79 Å². The van der Waals surface area contributed by atoms with Gasteiger partial charge in [-0.05, 0) is 49.4 Å². The maximum atomic E-state index is 12.0. The van der Waals surface area contributed by atoms with E-state index in [0.717, 1.165) is 32.0 Å². The molecular formula is C25H33IN4OS. The molecule has 0 atom stereocenters. The Kier molecular flexibility index (Phi) is 9.28. The minimum atomic E-state index is 0. The topological polar surface area (TPSA) is 56.7 Å². The molecule has 1 heterocycles. The van der Waals surface area contributed by atoms with E-state index in [0.29, 0.717) is 19.5 Å². The Bertz CT molecular complexity index is 917. The summed E-state index contributed by atoms with van der Waals surface area (Å²) < 4.78 is 0.269. The van der Waals surface area contributed by atoms with Crippen LogP contribution >= 0.6 is 35.7 Å². The zero-order valence-electron chi connectivity index (χ0n) is 18.7. The minimum absolute atomic E-state index is 0. The summed E-state index contributed by atoms with van der Waals surface area (Å²) in [4.78, 5) is 20.2. The summed E-state index contributed by atoms with van der Waals surface area (Å²) in [5.74, 6) is 1.12. The summed E-state index contributed by atoms with van der Waals surface area (Å²) in [5, 5.41) is 6.95. The number of likely N-dealkylation sites (tertiary alicyclic amines) is 1. The number of thioether (sulfide) groups is 1. The molecule has 0 radical (unpaired) electrons. The number of carbonyl (C=O) groups is 1. The second kappa shape index (κ2) is 11.9. The Morgan fingerprint density at radius 3 is 2.44 bits per heavy atom. The molecule has 1 saturated carbocycles. The van der Waals surface area contributed by atoms with Gasteiger partial charge < -0.3 is 15.5 Å². The molecule has 0 spiro atoms. The molecule has 1 saturated heterocycles. The van der Waals surface area contributed by atoms with Crippen molar-refractivity contribution in [3.05, 3.63) is 65.7 Å². The van der Waals surface area contributed by atoms with Gasteiger partial charge in [0.05, 0.1) is 6.54 Å². The first-order valence-electron chi connectivity index (χ1n) is 11.3. The monoisotopic (exact) mass is 564 g/mol. The van der Waals surface area contributed by atoms with Crippen LogP contribution in [0, 0.1) is 0 Å². The van der Waals surface area contributed by atoms with E-state index in [1.165, 1.54) is 28.9 Å². The van der Waals surface area contributed by atoms with E-state index in [4.69, 9.17) is 4.99 Å². The van der Waals surface area contributed by atoms with Gasteiger partial charge in [-0.25, -0.2) is 4.99 Å². The van der Waals surface area contributed by atoms with Gasteiger partial charge in [0.15, 0.2) is 5.96 Å². The summed E-state index contributed by atoms with van der Waals surface area (Å²) in [6.45, 7) is 5.98. The van der Waals surface area contributed by atoms with Gasteiger partial charge in [-0.2, -0.15) is 0 Å². The lowest BCUT2D eigenvalue weighted by Crippen LogP contribution is -2.41. The summed E-state index contributed by atoms with van der Waals surface area (Å²) in [6, 6.07) is 19.0. The van der Waals surface area contributed by atoms with Crippen molar-refractivity contribution in [2.75, 3.05) is 19.6 Å². The maximum absolute atomic E-state index is 12.0. The van der Waals surface area contributed by atoms with Crippen LogP contribution in [0.4, 0.5) is 0 Å². The average Bonchev–Trinajstić information content (AvgIpc) is 3.44. The Morgan fingerprint density at radius 1 is 1.06 bits per heavy atom. The van der Waals surface area contributed by atoms with Crippen molar-refractivity contribution in [2.45, 2.75) is 55.3 Å². The number of aliphatic imine (C=N–C) groups is 1. The Labute approximate surface area is 212 Å². The van der Waals surface area contributed by atoms with E-state index in [1.807, 2.05) is 22.7 Å². The molecule has 7 heteroatoms. The van der Waals surface area contributed by atoms with Gasteiger partial charge in [0.2, 0.25) is 5.91 Å². The first-order chi connectivity index (χ1) is 15.2. The van der Waals surface area contributed by atoms with Gasteiger partial charge in [-0.3, -0.25) is 4.79 Å². The molecule has 1 aliphatic carbocycles. The van der Waals surface area contributed by atoms with Gasteiger partial charge in [-0.15, -0.1) is 35.7 Å². The number of amides is 1. The molecule has 2 fully saturated rings. The first-order valence-corrected chi connectivity index (χ1v) is 12.1. The van der Waals surface area contributed by atoms with Crippen molar-refractivity contribution in [2.24, 2.45) is 4.99 Å². The fraction of sp³-hybridized carbons (Fsp3) is 0.440. The molecule has 0 bridgehead atoms. The Hall–Kier alpha value is -1.74. The number of guanidine groups is 1. The largest absolute Gasteiger partial charge is 0.357 e. The second-order valence-electron chi connectivity index (χ2n) is 8.33. The Morgan fingerprint density at radius 2 is 1.78 bits per heavy atom. The highest BCUT2D eigenvalue weighted by Gasteiger charge is 2.43. The Balaban J connectivity index is 0.00000289. The molecule has 32 heavy (non-hydrogen) atoms. The van der Waals surface area contributed by atoms with E-state index in [9.17, 15) is 4.79 Å². The van der Waals surface area contributed by atoms with Crippen LogP contribution < -0.4 is 10.6 Å². The number of rotatable bonds is 9. The smallest absolute Gasteiger partial charge is 0.222 e. The lowest BCUT2D eigenvalue weighted by Gasteiger charge is -2.19. The zero-order valence-corrected chi connectivity index (χ0v) is 21.8. The average molecular weight is 565 g/mol. The van der Waals surface area contributed by atoms with Gasteiger partial charge in [-0.1, -0.05) is 42.5 Å². The summed E-state index contributed by atoms with van der Waals surface area (Å²) in [6.07, 6.45) is 4.10. The van der Waals surface area contributed by atoms with Gasteiger partial charge in [0, 0.05) is 42.2 Å². The third-order valence-corrected chi connectivity index (χ3v) is 7.36. The van der Waals surface area contributed by atoms with Crippen molar-refractivity contribution in [1.82, 2.24) is 15.5 Å². The highest BCUT2D eigenvalue weighted by atomic mass is 127. The summed E-state index contributed by atoms with van der Waals surface area (Å²) in [7, 11) is 0. The van der Waals surface area contributed by atoms with Crippen LogP contribution in [0.1, 0.15) is 43.7 Å². The number of carbonyl (C=O) groups excluding carboxylic acids is 1. The van der Waals surface area contributed by atoms with Crippen molar-refractivity contribution in [3.8, 4) is 0 Å². The number of halogens is 1. The quantitative estimate of drug-likeness (QED) is 0.261. The van der Waals surface area contributed by atoms with Crippen LogP contribution in [0.25, 0.3) is 0 Å². The number of nitrogens with one attached hydrogen (secondary N) is 2. The van der Waals surface area contributed by atoms with Crippen molar-refractivity contribution >= 4 is 47.6 Å². The third kappa shape index (κ3) is 6.88. The second-order valence-corrected chi connectivity index (χ2v) is 9.88. The molecule has 172 valence electrons. The maximum Gasteiger partial charge on any atom is 0.222 e. The van der Waals surface area contributed by atoms with Crippen LogP contribution in [-0.4, -0.2) is 41.1 Å². The molecule has 4 rings (SSSR count). The van der Waals surface area contributed by atoms with Crippen LogP contribution in [0.15, 0.2) is 64.5 Å². The molecule has 2 aromatic carbocycles. The molecule has 2 aliphatic rings. The predicted molar refractivity (Wildman–Crippen MR) is 144 cm³/mol. The highest BCUT2D eigenvalue weighted by molar-refractivity contribution is 14.0. The lowest BCUT2D eigenvalue weighted by atomic mass is 10.1. The number of benzene rings is 2. The first kappa shape index (κ1) is 24.9. The van der Waals surface area contributed by atoms with Crippen LogP contribution in [-0.2, 0) is 17.9 Å². The molecule has 0 unspecified atom stereocenters. The van der Waals surface area contributed by atoms with Crippen LogP contribution in [0.5, 0.6) is 0 Å². The van der Waals surface area contributed by atoms with Crippen molar-refractivity contribution in [1.29, 1.82) is 0 Å². The SMILES string of the molecule is CCNC(=NCc1ccccc1CN1CCCC1=O)NCC1(Sc2ccccc2)CC1.I. The highest BCUT2D eigenvalue weighted by Crippen LogP contribution is 2.51. The van der Waals surface area contributed by atoms with Crippen LogP contribution in [0.3, 0.4) is 0 Å². The van der Waals surface area contributed by atoms with Crippen molar-refractivity contribution in [3.63, 3.8) is 0 Å². The van der Waals surface area contributed by atoms with Gasteiger partial charge >= 0.3 is 0 Å². The zero-order chi connectivity index (χ0) is 21.5.